The summed E-state index contributed by atoms with van der Waals surface area (Å²) < 4.78 is 5.24. The minimum Gasteiger partial charge on any atom is -0.497 e. The Hall–Kier alpha value is -1.06. The molecule has 0 bridgehead atoms. The number of rotatable bonds is 4. The quantitative estimate of drug-likeness (QED) is 0.917. The van der Waals surface area contributed by atoms with Crippen LogP contribution >= 0.6 is 0 Å². The molecule has 1 saturated heterocycles. The van der Waals surface area contributed by atoms with E-state index in [9.17, 15) is 0 Å². The van der Waals surface area contributed by atoms with Crippen molar-refractivity contribution in [2.24, 2.45) is 11.1 Å². The van der Waals surface area contributed by atoms with E-state index in [1.165, 1.54) is 18.4 Å². The maximum atomic E-state index is 6.29. The van der Waals surface area contributed by atoms with Gasteiger partial charge in [0, 0.05) is 18.6 Å². The fraction of sp³-hybridized carbons (Fsp3) is 0.647. The number of nitrogens with zero attached hydrogens (tertiary/aromatic N) is 1. The van der Waals surface area contributed by atoms with Crippen LogP contribution in [0.25, 0.3) is 0 Å². The van der Waals surface area contributed by atoms with E-state index in [0.717, 1.165) is 18.8 Å². The van der Waals surface area contributed by atoms with Gasteiger partial charge < -0.3 is 10.5 Å². The largest absolute Gasteiger partial charge is 0.497 e. The van der Waals surface area contributed by atoms with Gasteiger partial charge in [-0.25, -0.2) is 0 Å². The Bertz CT molecular complexity index is 425. The summed E-state index contributed by atoms with van der Waals surface area (Å²) in [5, 5.41) is 0. The molecule has 1 aromatic rings. The zero-order valence-corrected chi connectivity index (χ0v) is 13.2. The average Bonchev–Trinajstić information content (AvgIpc) is 2.38. The molecule has 0 aliphatic carbocycles. The molecule has 20 heavy (non-hydrogen) atoms. The van der Waals surface area contributed by atoms with Gasteiger partial charge in [0.15, 0.2) is 0 Å². The molecular weight excluding hydrogens is 248 g/mol. The molecule has 0 aromatic heterocycles. The maximum Gasteiger partial charge on any atom is 0.118 e. The molecule has 1 heterocycles. The zero-order valence-electron chi connectivity index (χ0n) is 13.2. The van der Waals surface area contributed by atoms with Crippen LogP contribution in [0.3, 0.4) is 0 Å². The monoisotopic (exact) mass is 276 g/mol. The first-order valence-electron chi connectivity index (χ1n) is 7.56. The van der Waals surface area contributed by atoms with Crippen LogP contribution in [0.2, 0.25) is 0 Å². The predicted molar refractivity (Wildman–Crippen MR) is 84.0 cm³/mol. The van der Waals surface area contributed by atoms with Crippen molar-refractivity contribution in [1.29, 1.82) is 0 Å². The van der Waals surface area contributed by atoms with Gasteiger partial charge in [0.05, 0.1) is 7.11 Å². The van der Waals surface area contributed by atoms with Crippen molar-refractivity contribution in [2.45, 2.75) is 45.7 Å². The van der Waals surface area contributed by atoms with Gasteiger partial charge in [-0.1, -0.05) is 26.0 Å². The smallest absolute Gasteiger partial charge is 0.118 e. The standard InChI is InChI=1S/C17H28N2O/c1-13(18)16(14-6-8-15(20-4)9-7-14)19-11-5-10-17(2,3)12-19/h6-9,13,16H,5,10-12,18H2,1-4H3. The summed E-state index contributed by atoms with van der Waals surface area (Å²) in [4.78, 5) is 2.55. The molecule has 112 valence electrons. The van der Waals surface area contributed by atoms with E-state index in [1.54, 1.807) is 7.11 Å². The summed E-state index contributed by atoms with van der Waals surface area (Å²) in [6.45, 7) is 9.07. The van der Waals surface area contributed by atoms with Gasteiger partial charge in [-0.2, -0.15) is 0 Å². The summed E-state index contributed by atoms with van der Waals surface area (Å²) in [5.41, 5.74) is 7.96. The van der Waals surface area contributed by atoms with Crippen LogP contribution in [0.1, 0.15) is 45.2 Å². The van der Waals surface area contributed by atoms with Gasteiger partial charge in [-0.3, -0.25) is 4.90 Å². The van der Waals surface area contributed by atoms with Crippen molar-refractivity contribution in [2.75, 3.05) is 20.2 Å². The third kappa shape index (κ3) is 3.53. The Kier molecular flexibility index (Phi) is 4.71. The van der Waals surface area contributed by atoms with Crippen LogP contribution in [0.4, 0.5) is 0 Å². The van der Waals surface area contributed by atoms with Gasteiger partial charge in [0.25, 0.3) is 0 Å². The number of benzene rings is 1. The van der Waals surface area contributed by atoms with Crippen LogP contribution in [0, 0.1) is 5.41 Å². The van der Waals surface area contributed by atoms with Crippen LogP contribution in [-0.2, 0) is 0 Å². The van der Waals surface area contributed by atoms with Crippen molar-refractivity contribution in [1.82, 2.24) is 4.90 Å². The summed E-state index contributed by atoms with van der Waals surface area (Å²) in [5.74, 6) is 0.899. The lowest BCUT2D eigenvalue weighted by Crippen LogP contribution is -2.47. The Balaban J connectivity index is 2.21. The molecule has 0 saturated carbocycles. The molecule has 0 amide bonds. The first-order chi connectivity index (χ1) is 9.43. The fourth-order valence-corrected chi connectivity index (χ4v) is 3.35. The van der Waals surface area contributed by atoms with Crippen molar-refractivity contribution in [3.63, 3.8) is 0 Å². The molecule has 1 aliphatic rings. The molecule has 2 rings (SSSR count). The maximum absolute atomic E-state index is 6.29. The molecular formula is C17H28N2O. The van der Waals surface area contributed by atoms with Crippen molar-refractivity contribution >= 4 is 0 Å². The van der Waals surface area contributed by atoms with E-state index < -0.39 is 0 Å². The molecule has 1 aliphatic heterocycles. The second-order valence-electron chi connectivity index (χ2n) is 6.82. The van der Waals surface area contributed by atoms with Crippen LogP contribution in [0.5, 0.6) is 5.75 Å². The number of methoxy groups -OCH3 is 1. The third-order valence-electron chi connectivity index (χ3n) is 4.28. The summed E-state index contributed by atoms with van der Waals surface area (Å²) >= 11 is 0. The van der Waals surface area contributed by atoms with E-state index in [-0.39, 0.29) is 6.04 Å². The average molecular weight is 276 g/mol. The van der Waals surface area contributed by atoms with Gasteiger partial charge >= 0.3 is 0 Å². The van der Waals surface area contributed by atoms with E-state index >= 15 is 0 Å². The Morgan fingerprint density at radius 1 is 1.25 bits per heavy atom. The number of ether oxygens (including phenoxy) is 1. The number of piperidine rings is 1. The first kappa shape index (κ1) is 15.3. The third-order valence-corrected chi connectivity index (χ3v) is 4.28. The Labute approximate surface area is 123 Å². The Morgan fingerprint density at radius 2 is 1.90 bits per heavy atom. The molecule has 0 spiro atoms. The van der Waals surface area contributed by atoms with E-state index in [1.807, 2.05) is 12.1 Å². The highest BCUT2D eigenvalue weighted by molar-refractivity contribution is 5.30. The first-order valence-corrected chi connectivity index (χ1v) is 7.56. The van der Waals surface area contributed by atoms with Crippen LogP contribution in [0.15, 0.2) is 24.3 Å². The molecule has 2 N–H and O–H groups in total. The highest BCUT2D eigenvalue weighted by atomic mass is 16.5. The normalized spacial score (nSPS) is 22.2. The van der Waals surface area contributed by atoms with Gasteiger partial charge in [-0.15, -0.1) is 0 Å². The van der Waals surface area contributed by atoms with E-state index in [4.69, 9.17) is 10.5 Å². The summed E-state index contributed by atoms with van der Waals surface area (Å²) in [6.07, 6.45) is 2.56. The second kappa shape index (κ2) is 6.15. The SMILES string of the molecule is COc1ccc(C(C(C)N)N2CCCC(C)(C)C2)cc1. The Morgan fingerprint density at radius 3 is 2.40 bits per heavy atom. The van der Waals surface area contributed by atoms with Crippen molar-refractivity contribution < 1.29 is 4.74 Å². The molecule has 2 atom stereocenters. The molecule has 0 radical (unpaired) electrons. The van der Waals surface area contributed by atoms with Crippen molar-refractivity contribution in [3.05, 3.63) is 29.8 Å². The molecule has 2 unspecified atom stereocenters. The minimum absolute atomic E-state index is 0.122. The van der Waals surface area contributed by atoms with Crippen molar-refractivity contribution in [3.8, 4) is 5.75 Å². The number of hydrogen-bond donors (Lipinski definition) is 1. The zero-order chi connectivity index (χ0) is 14.8. The highest BCUT2D eigenvalue weighted by Gasteiger charge is 2.32. The van der Waals surface area contributed by atoms with Gasteiger partial charge in [0.1, 0.15) is 5.75 Å². The molecule has 3 nitrogen and oxygen atoms in total. The molecule has 1 aromatic carbocycles. The van der Waals surface area contributed by atoms with E-state index in [2.05, 4.69) is 37.8 Å². The van der Waals surface area contributed by atoms with E-state index in [0.29, 0.717) is 11.5 Å². The highest BCUT2D eigenvalue weighted by Crippen LogP contribution is 2.35. The van der Waals surface area contributed by atoms with Gasteiger partial charge in [-0.05, 0) is 49.4 Å². The van der Waals surface area contributed by atoms with Crippen LogP contribution in [-0.4, -0.2) is 31.1 Å². The number of likely N-dealkylation sites (tertiary alicyclic amines) is 1. The fourth-order valence-electron chi connectivity index (χ4n) is 3.35. The minimum atomic E-state index is 0.122. The van der Waals surface area contributed by atoms with Crippen LogP contribution < -0.4 is 10.5 Å². The second-order valence-corrected chi connectivity index (χ2v) is 6.82. The number of hydrogen-bond acceptors (Lipinski definition) is 3. The lowest BCUT2D eigenvalue weighted by atomic mass is 9.82. The molecule has 1 fully saturated rings. The topological polar surface area (TPSA) is 38.5 Å². The summed E-state index contributed by atoms with van der Waals surface area (Å²) in [7, 11) is 1.70. The van der Waals surface area contributed by atoms with Gasteiger partial charge in [0.2, 0.25) is 0 Å². The molecule has 3 heteroatoms. The number of nitrogens with two attached hydrogens (primary N) is 1. The summed E-state index contributed by atoms with van der Waals surface area (Å²) in [6, 6.07) is 8.76. The lowest BCUT2D eigenvalue weighted by molar-refractivity contribution is 0.0688. The lowest BCUT2D eigenvalue weighted by Gasteiger charge is -2.43. The predicted octanol–water partition coefficient (Wildman–Crippen LogP) is 3.21.